The van der Waals surface area contributed by atoms with E-state index in [0.717, 1.165) is 100 Å². The normalized spacial score (nSPS) is 12.8. The van der Waals surface area contributed by atoms with Crippen molar-refractivity contribution < 1.29 is 9.30 Å². The summed E-state index contributed by atoms with van der Waals surface area (Å²) in [6, 6.07) is 17.9. The van der Waals surface area contributed by atoms with Crippen LogP contribution >= 0.6 is 0 Å². The maximum Gasteiger partial charge on any atom is 0.169 e. The molecular weight excluding hydrogens is 807 g/mol. The number of nitrogens with one attached hydrogen (secondary N) is 2. The number of H-pyrrole nitrogens is 2. The number of unbranched alkanes of at least 4 members (excludes halogenated alkanes) is 13. The molecule has 0 atom stereocenters. The maximum atomic E-state index is 6.36. The van der Waals surface area contributed by atoms with Gasteiger partial charge in [0, 0.05) is 34.3 Å². The third kappa shape index (κ3) is 10.6. The van der Waals surface area contributed by atoms with E-state index in [1.165, 1.54) is 139 Å². The Labute approximate surface area is 397 Å². The lowest BCUT2D eigenvalue weighted by atomic mass is 9.93. The minimum absolute atomic E-state index is 0.752. The first kappa shape index (κ1) is 48.7. The summed E-state index contributed by atoms with van der Waals surface area (Å²) in [6.07, 6.45) is 26.9. The highest BCUT2D eigenvalue weighted by Crippen LogP contribution is 2.44. The zero-order valence-corrected chi connectivity index (χ0v) is 42.5. The van der Waals surface area contributed by atoms with Gasteiger partial charge >= 0.3 is 0 Å². The quantitative estimate of drug-likeness (QED) is 0.0537. The zero-order chi connectivity index (χ0) is 46.7. The zero-order valence-electron chi connectivity index (χ0n) is 42.5. The predicted molar refractivity (Wildman–Crippen MR) is 283 cm³/mol. The fraction of sp³-hybridized carbons (Fsp3) is 0.483. The van der Waals surface area contributed by atoms with Gasteiger partial charge in [-0.05, 0) is 140 Å². The monoisotopic (exact) mass is 887 g/mol. The van der Waals surface area contributed by atoms with E-state index in [1.807, 2.05) is 0 Å². The van der Waals surface area contributed by atoms with Gasteiger partial charge in [0.2, 0.25) is 0 Å². The molecule has 66 heavy (non-hydrogen) atoms. The smallest absolute Gasteiger partial charge is 0.169 e. The Balaban J connectivity index is 1.26. The molecule has 5 aromatic rings. The maximum absolute atomic E-state index is 6.36. The van der Waals surface area contributed by atoms with Gasteiger partial charge in [-0.25, -0.2) is 14.5 Å². The van der Waals surface area contributed by atoms with E-state index in [4.69, 9.17) is 14.7 Å². The third-order valence-electron chi connectivity index (χ3n) is 14.7. The van der Waals surface area contributed by atoms with Crippen LogP contribution in [0.1, 0.15) is 196 Å². The molecule has 350 valence electrons. The highest BCUT2D eigenvalue weighted by atomic mass is 16.5. The van der Waals surface area contributed by atoms with Gasteiger partial charge in [-0.3, -0.25) is 0 Å². The van der Waals surface area contributed by atoms with E-state index in [0.29, 0.717) is 0 Å². The van der Waals surface area contributed by atoms with Crippen molar-refractivity contribution in [1.82, 2.24) is 19.9 Å². The Bertz CT molecular complexity index is 2570. The summed E-state index contributed by atoms with van der Waals surface area (Å²) in [7, 11) is 2.08. The standard InChI is InChI=1S/C60H79N5O/c1-11-16-17-18-19-20-21-22-23-24-25-26-27-28-37-66-46-31-29-44(30-32-46)55-57-40(6)47(12-2)51(61-57)38-53-49(14-4)42(8)59(63-53)56(45-33-35-65(10)36-34-45)60-43(9)50(15-5)54(64-60)39-52-48(13-3)41(7)58(55)62-52/h29-36,38-39H,11-28,37H2,1-10H3,(H,61,62,63,64)/p+1. The second-order valence-corrected chi connectivity index (χ2v) is 19.1. The molecule has 1 aromatic carbocycles. The fourth-order valence-electron chi connectivity index (χ4n) is 10.7. The van der Waals surface area contributed by atoms with Gasteiger partial charge in [-0.1, -0.05) is 130 Å². The number of ether oxygens (including phenoxy) is 1. The van der Waals surface area contributed by atoms with Crippen LogP contribution in [0.4, 0.5) is 0 Å². The van der Waals surface area contributed by atoms with Crippen molar-refractivity contribution in [2.75, 3.05) is 6.61 Å². The fourth-order valence-corrected chi connectivity index (χ4v) is 10.7. The number of rotatable bonds is 22. The number of hydrogen-bond acceptors (Lipinski definition) is 3. The lowest BCUT2D eigenvalue weighted by Gasteiger charge is -2.12. The number of aryl methyl sites for hydroxylation is 5. The van der Waals surface area contributed by atoms with Crippen molar-refractivity contribution in [3.05, 3.63) is 106 Å². The molecule has 8 bridgehead atoms. The Kier molecular flexibility index (Phi) is 17.0. The van der Waals surface area contributed by atoms with Gasteiger partial charge in [0.1, 0.15) is 12.8 Å². The topological polar surface area (TPSA) is 70.5 Å². The molecule has 6 heterocycles. The van der Waals surface area contributed by atoms with Crippen LogP contribution in [0.3, 0.4) is 0 Å². The number of benzene rings is 1. The van der Waals surface area contributed by atoms with Gasteiger partial charge in [0.05, 0.1) is 40.4 Å². The molecule has 2 aliphatic heterocycles. The van der Waals surface area contributed by atoms with E-state index < -0.39 is 0 Å². The highest BCUT2D eigenvalue weighted by Gasteiger charge is 2.27. The summed E-state index contributed by atoms with van der Waals surface area (Å²) in [5.74, 6) is 0.920. The Morgan fingerprint density at radius 3 is 1.35 bits per heavy atom. The van der Waals surface area contributed by atoms with Gasteiger partial charge in [0.25, 0.3) is 0 Å². The first-order chi connectivity index (χ1) is 32.1. The van der Waals surface area contributed by atoms with Crippen LogP contribution in [-0.4, -0.2) is 26.5 Å². The van der Waals surface area contributed by atoms with E-state index in [2.05, 4.69) is 145 Å². The number of allylic oxidation sites excluding steroid dienone is 4. The molecule has 6 nitrogen and oxygen atoms in total. The van der Waals surface area contributed by atoms with E-state index in [1.54, 1.807) is 0 Å². The molecule has 0 amide bonds. The molecule has 0 fully saturated rings. The molecule has 0 aliphatic carbocycles. The second-order valence-electron chi connectivity index (χ2n) is 19.1. The van der Waals surface area contributed by atoms with E-state index in [9.17, 15) is 0 Å². The average molecular weight is 887 g/mol. The summed E-state index contributed by atoms with van der Waals surface area (Å²) in [5.41, 5.74) is 23.4. The van der Waals surface area contributed by atoms with Gasteiger partial charge in [-0.15, -0.1) is 0 Å². The summed E-state index contributed by atoms with van der Waals surface area (Å²) in [6.45, 7) is 21.2. The molecular formula is C60H80N5O+. The Morgan fingerprint density at radius 2 is 0.924 bits per heavy atom. The van der Waals surface area contributed by atoms with E-state index >= 15 is 0 Å². The molecule has 6 heteroatoms. The third-order valence-corrected chi connectivity index (χ3v) is 14.7. The van der Waals surface area contributed by atoms with Crippen molar-refractivity contribution in [3.63, 3.8) is 0 Å². The highest BCUT2D eigenvalue weighted by molar-refractivity contribution is 6.03. The van der Waals surface area contributed by atoms with Crippen LogP contribution in [0.2, 0.25) is 0 Å². The SMILES string of the molecule is CCCCCCCCCCCCCCCCOc1ccc(-c2c3nc(cc4[nH]c(c(C)c4CC)c(-c4cc[n+](C)cc4)c4[nH]c(cc5nc2C(C)=C5CC)c(CC)c4C)C(CC)=C3C)cc1. The number of hydrogen-bond donors (Lipinski definition) is 2. The summed E-state index contributed by atoms with van der Waals surface area (Å²) in [4.78, 5) is 19.2. The Morgan fingerprint density at radius 1 is 0.500 bits per heavy atom. The van der Waals surface area contributed by atoms with Crippen LogP contribution in [0.15, 0.2) is 60.9 Å². The minimum atomic E-state index is 0.752. The first-order valence-electron chi connectivity index (χ1n) is 26.0. The molecule has 0 saturated heterocycles. The minimum Gasteiger partial charge on any atom is -0.494 e. The Hall–Kier alpha value is -5.23. The molecule has 7 rings (SSSR count). The first-order valence-corrected chi connectivity index (χ1v) is 26.0. The van der Waals surface area contributed by atoms with Crippen LogP contribution < -0.4 is 9.30 Å². The number of pyridine rings is 1. The molecule has 0 saturated carbocycles. The number of aromatic amines is 2. The summed E-state index contributed by atoms with van der Waals surface area (Å²) >= 11 is 0. The van der Waals surface area contributed by atoms with Crippen molar-refractivity contribution >= 4 is 44.4 Å². The lowest BCUT2D eigenvalue weighted by Crippen LogP contribution is -2.25. The summed E-state index contributed by atoms with van der Waals surface area (Å²) in [5, 5.41) is 0. The van der Waals surface area contributed by atoms with Gasteiger partial charge in [-0.2, -0.15) is 0 Å². The van der Waals surface area contributed by atoms with Crippen molar-refractivity contribution in [2.24, 2.45) is 7.05 Å². The molecule has 0 radical (unpaired) electrons. The van der Waals surface area contributed by atoms with E-state index in [-0.39, 0.29) is 0 Å². The molecule has 0 unspecified atom stereocenters. The second kappa shape index (κ2) is 23.0. The van der Waals surface area contributed by atoms with Crippen LogP contribution in [0, 0.1) is 13.8 Å². The lowest BCUT2D eigenvalue weighted by molar-refractivity contribution is -0.671. The van der Waals surface area contributed by atoms with Crippen molar-refractivity contribution in [1.29, 1.82) is 0 Å². The molecule has 4 aromatic heterocycles. The molecule has 0 spiro atoms. The average Bonchev–Trinajstić information content (AvgIpc) is 4.01. The van der Waals surface area contributed by atoms with Crippen molar-refractivity contribution in [2.45, 2.75) is 178 Å². The molecule has 2 N–H and O–H groups in total. The number of aromatic nitrogens is 5. The van der Waals surface area contributed by atoms with Gasteiger partial charge < -0.3 is 14.7 Å². The number of nitrogens with zero attached hydrogens (tertiary/aromatic N) is 3. The van der Waals surface area contributed by atoms with Crippen LogP contribution in [0.25, 0.3) is 66.6 Å². The number of fused-ring (bicyclic) bond motifs is 8. The van der Waals surface area contributed by atoms with Gasteiger partial charge in [0.15, 0.2) is 12.4 Å². The molecule has 2 aliphatic rings. The largest absolute Gasteiger partial charge is 0.494 e. The van der Waals surface area contributed by atoms with Crippen LogP contribution in [0.5, 0.6) is 5.75 Å². The van der Waals surface area contributed by atoms with Crippen LogP contribution in [-0.2, 0) is 19.9 Å². The van der Waals surface area contributed by atoms with Crippen molar-refractivity contribution in [3.8, 4) is 28.0 Å². The summed E-state index contributed by atoms with van der Waals surface area (Å²) < 4.78 is 8.47. The predicted octanol–water partition coefficient (Wildman–Crippen LogP) is 16.8.